The topological polar surface area (TPSA) is 54.9 Å². The van der Waals surface area contributed by atoms with Crippen LogP contribution in [0.15, 0.2) is 39.6 Å². The van der Waals surface area contributed by atoms with Crippen LogP contribution in [0.25, 0.3) is 0 Å². The summed E-state index contributed by atoms with van der Waals surface area (Å²) >= 11 is 4.61. The summed E-state index contributed by atoms with van der Waals surface area (Å²) in [6.45, 7) is 4.33. The first kappa shape index (κ1) is 16.3. The molecule has 0 saturated heterocycles. The van der Waals surface area contributed by atoms with Gasteiger partial charge in [-0.1, -0.05) is 55.1 Å². The molecule has 2 aromatic rings. The molecule has 112 valence electrons. The Bertz CT molecular complexity index is 572. The van der Waals surface area contributed by atoms with E-state index in [2.05, 4.69) is 29.4 Å². The predicted molar refractivity (Wildman–Crippen MR) is 91.3 cm³/mol. The van der Waals surface area contributed by atoms with Crippen LogP contribution >= 0.6 is 34.9 Å². The molecule has 0 aliphatic rings. The Hall–Kier alpha value is -1.05. The molecule has 0 aliphatic heterocycles. The molecule has 0 aliphatic carbocycles. The number of hydrogen-bond acceptors (Lipinski definition) is 6. The van der Waals surface area contributed by atoms with Crippen LogP contribution in [0.2, 0.25) is 0 Å². The maximum Gasteiger partial charge on any atom is 0.236 e. The van der Waals surface area contributed by atoms with Crippen molar-refractivity contribution in [1.82, 2.24) is 10.2 Å². The van der Waals surface area contributed by atoms with E-state index >= 15 is 0 Å². The van der Waals surface area contributed by atoms with Crippen molar-refractivity contribution in [3.63, 3.8) is 0 Å². The fourth-order valence-corrected chi connectivity index (χ4v) is 3.84. The lowest BCUT2D eigenvalue weighted by molar-refractivity contribution is -0.113. The molecule has 2 rings (SSSR count). The van der Waals surface area contributed by atoms with Gasteiger partial charge >= 0.3 is 0 Å². The molecule has 1 aromatic heterocycles. The van der Waals surface area contributed by atoms with Gasteiger partial charge in [-0.2, -0.15) is 0 Å². The highest BCUT2D eigenvalue weighted by atomic mass is 32.2. The molecule has 7 heteroatoms. The van der Waals surface area contributed by atoms with Gasteiger partial charge in [0.05, 0.1) is 5.75 Å². The third-order valence-electron chi connectivity index (χ3n) is 2.31. The molecule has 0 fully saturated rings. The first-order chi connectivity index (χ1) is 10.1. The van der Waals surface area contributed by atoms with E-state index in [0.29, 0.717) is 16.8 Å². The van der Waals surface area contributed by atoms with E-state index in [0.717, 1.165) is 15.0 Å². The Labute approximate surface area is 137 Å². The Morgan fingerprint density at radius 2 is 2.00 bits per heavy atom. The summed E-state index contributed by atoms with van der Waals surface area (Å²) in [5.74, 6) is 1.93. The molecule has 1 N–H and O–H groups in total. The summed E-state index contributed by atoms with van der Waals surface area (Å²) in [6, 6.07) is 9.86. The number of hydrogen-bond donors (Lipinski definition) is 1. The maximum atomic E-state index is 11.9. The zero-order valence-electron chi connectivity index (χ0n) is 11.9. The van der Waals surface area contributed by atoms with Crippen molar-refractivity contribution >= 4 is 45.9 Å². The average molecular weight is 340 g/mol. The minimum atomic E-state index is -0.0552. The molecule has 1 heterocycles. The second-order valence-electron chi connectivity index (χ2n) is 4.73. The number of amides is 1. The van der Waals surface area contributed by atoms with Gasteiger partial charge < -0.3 is 0 Å². The number of anilines is 1. The minimum absolute atomic E-state index is 0.0552. The average Bonchev–Trinajstić information content (AvgIpc) is 2.91. The van der Waals surface area contributed by atoms with Crippen LogP contribution in [-0.2, 0) is 4.79 Å². The van der Waals surface area contributed by atoms with Gasteiger partial charge in [-0.25, -0.2) is 0 Å². The fraction of sp³-hybridized carbons (Fsp3) is 0.357. The van der Waals surface area contributed by atoms with Crippen LogP contribution in [-0.4, -0.2) is 27.6 Å². The van der Waals surface area contributed by atoms with Crippen LogP contribution in [0.1, 0.15) is 13.8 Å². The summed E-state index contributed by atoms with van der Waals surface area (Å²) in [5.41, 5.74) is 0. The molecule has 1 amide bonds. The predicted octanol–water partition coefficient (Wildman–Crippen LogP) is 4.02. The number of carbonyl (C=O) groups excluding carboxylic acids is 1. The highest BCUT2D eigenvalue weighted by Crippen LogP contribution is 2.27. The lowest BCUT2D eigenvalue weighted by Gasteiger charge is -2.01. The number of aromatic nitrogens is 2. The first-order valence-corrected chi connectivity index (χ1v) is 9.36. The third-order valence-corrected chi connectivity index (χ3v) is 5.72. The molecule has 0 spiro atoms. The summed E-state index contributed by atoms with van der Waals surface area (Å²) in [6.07, 6.45) is 0. The zero-order valence-corrected chi connectivity index (χ0v) is 14.4. The van der Waals surface area contributed by atoms with Crippen molar-refractivity contribution in [3.05, 3.63) is 30.3 Å². The van der Waals surface area contributed by atoms with Gasteiger partial charge in [-0.05, 0) is 18.1 Å². The van der Waals surface area contributed by atoms with Gasteiger partial charge in [-0.15, -0.1) is 22.0 Å². The third kappa shape index (κ3) is 6.07. The lowest BCUT2D eigenvalue weighted by atomic mass is 10.3. The highest BCUT2D eigenvalue weighted by Gasteiger charge is 2.09. The summed E-state index contributed by atoms with van der Waals surface area (Å²) in [7, 11) is 0. The van der Waals surface area contributed by atoms with Gasteiger partial charge in [0, 0.05) is 10.6 Å². The smallest absolute Gasteiger partial charge is 0.236 e. The zero-order chi connectivity index (χ0) is 15.1. The van der Waals surface area contributed by atoms with E-state index in [9.17, 15) is 4.79 Å². The molecule has 21 heavy (non-hydrogen) atoms. The molecule has 0 unspecified atom stereocenters. The molecule has 0 radical (unpaired) electrons. The molecule has 0 atom stereocenters. The number of benzene rings is 1. The Morgan fingerprint density at radius 1 is 1.24 bits per heavy atom. The normalized spacial score (nSPS) is 10.8. The first-order valence-electron chi connectivity index (χ1n) is 6.57. The molecule has 0 saturated carbocycles. The van der Waals surface area contributed by atoms with Gasteiger partial charge in [0.25, 0.3) is 0 Å². The second-order valence-corrected chi connectivity index (χ2v) is 8.02. The van der Waals surface area contributed by atoms with Crippen molar-refractivity contribution in [1.29, 1.82) is 0 Å². The molecule has 1 aromatic carbocycles. The van der Waals surface area contributed by atoms with E-state index in [1.807, 2.05) is 30.3 Å². The number of nitrogens with one attached hydrogen (secondary N) is 1. The van der Waals surface area contributed by atoms with Gasteiger partial charge in [0.2, 0.25) is 11.0 Å². The van der Waals surface area contributed by atoms with E-state index in [-0.39, 0.29) is 5.91 Å². The quantitative estimate of drug-likeness (QED) is 0.610. The second kappa shape index (κ2) is 8.41. The summed E-state index contributed by atoms with van der Waals surface area (Å²) in [5, 5.41) is 11.4. The molecular weight excluding hydrogens is 322 g/mol. The SMILES string of the molecule is CC(C)CSc1nnc(NC(=O)CSc2ccccc2)s1. The van der Waals surface area contributed by atoms with Crippen LogP contribution in [0.4, 0.5) is 5.13 Å². The molecule has 0 bridgehead atoms. The number of thioether (sulfide) groups is 2. The van der Waals surface area contributed by atoms with Crippen LogP contribution in [0.5, 0.6) is 0 Å². The maximum absolute atomic E-state index is 11.9. The van der Waals surface area contributed by atoms with Crippen LogP contribution in [0, 0.1) is 5.92 Å². The largest absolute Gasteiger partial charge is 0.300 e. The van der Waals surface area contributed by atoms with Crippen molar-refractivity contribution in [3.8, 4) is 0 Å². The number of rotatable bonds is 7. The van der Waals surface area contributed by atoms with Crippen LogP contribution in [0.3, 0.4) is 0 Å². The van der Waals surface area contributed by atoms with E-state index in [1.54, 1.807) is 11.8 Å². The van der Waals surface area contributed by atoms with Crippen LogP contribution < -0.4 is 5.32 Å². The Kier molecular flexibility index (Phi) is 6.53. The number of carbonyl (C=O) groups is 1. The monoisotopic (exact) mass is 339 g/mol. The van der Waals surface area contributed by atoms with E-state index < -0.39 is 0 Å². The highest BCUT2D eigenvalue weighted by molar-refractivity contribution is 8.01. The van der Waals surface area contributed by atoms with Crippen molar-refractivity contribution in [2.24, 2.45) is 5.92 Å². The van der Waals surface area contributed by atoms with Crippen molar-refractivity contribution in [2.45, 2.75) is 23.1 Å². The lowest BCUT2D eigenvalue weighted by Crippen LogP contribution is -2.13. The Balaban J connectivity index is 1.77. The standard InChI is InChI=1S/C14H17N3OS3/c1-10(2)8-20-14-17-16-13(21-14)15-12(18)9-19-11-6-4-3-5-7-11/h3-7,10H,8-9H2,1-2H3,(H,15,16,18). The van der Waals surface area contributed by atoms with E-state index in [1.165, 1.54) is 23.1 Å². The molecule has 4 nitrogen and oxygen atoms in total. The molecular formula is C14H17N3OS3. The van der Waals surface area contributed by atoms with Crippen molar-refractivity contribution < 1.29 is 4.79 Å². The van der Waals surface area contributed by atoms with E-state index in [4.69, 9.17) is 0 Å². The fourth-order valence-electron chi connectivity index (χ4n) is 1.38. The summed E-state index contributed by atoms with van der Waals surface area (Å²) in [4.78, 5) is 12.9. The van der Waals surface area contributed by atoms with Crippen molar-refractivity contribution in [2.75, 3.05) is 16.8 Å². The Morgan fingerprint density at radius 3 is 2.71 bits per heavy atom. The minimum Gasteiger partial charge on any atom is -0.300 e. The van der Waals surface area contributed by atoms with Gasteiger partial charge in [0.15, 0.2) is 4.34 Å². The van der Waals surface area contributed by atoms with Gasteiger partial charge in [0.1, 0.15) is 0 Å². The van der Waals surface area contributed by atoms with Gasteiger partial charge in [-0.3, -0.25) is 10.1 Å². The summed E-state index contributed by atoms with van der Waals surface area (Å²) < 4.78 is 0.898. The number of nitrogens with zero attached hydrogens (tertiary/aromatic N) is 2.